The number of aromatic nitrogens is 3. The van der Waals surface area contributed by atoms with E-state index in [1.54, 1.807) is 12.1 Å². The molecule has 1 N–H and O–H groups in total. The summed E-state index contributed by atoms with van der Waals surface area (Å²) in [5, 5.41) is 12.7. The van der Waals surface area contributed by atoms with Crippen LogP contribution in [0.4, 0.5) is 5.69 Å². The molecule has 1 amide bonds. The highest BCUT2D eigenvalue weighted by Gasteiger charge is 2.18. The third-order valence-electron chi connectivity index (χ3n) is 4.67. The minimum Gasteiger partial charge on any atom is -0.483 e. The molecule has 0 fully saturated rings. The second kappa shape index (κ2) is 10.00. The molecule has 0 spiro atoms. The van der Waals surface area contributed by atoms with Crippen LogP contribution < -0.4 is 10.1 Å². The molecule has 3 aromatic rings. The average Bonchev–Trinajstić information content (AvgIpc) is 3.09. The monoisotopic (exact) mass is 444 g/mol. The van der Waals surface area contributed by atoms with Crippen molar-refractivity contribution in [3.63, 3.8) is 0 Å². The van der Waals surface area contributed by atoms with Crippen LogP contribution in [0, 0.1) is 6.92 Å². The number of nitrogens with zero attached hydrogens (tertiary/aromatic N) is 3. The zero-order valence-electron chi connectivity index (χ0n) is 17.5. The fraction of sp³-hybridized carbons (Fsp3) is 0.318. The summed E-state index contributed by atoms with van der Waals surface area (Å²) in [4.78, 5) is 12.3. The Morgan fingerprint density at radius 3 is 2.63 bits per heavy atom. The highest BCUT2D eigenvalue weighted by atomic mass is 35.5. The molecule has 0 saturated heterocycles. The van der Waals surface area contributed by atoms with Crippen molar-refractivity contribution in [1.29, 1.82) is 0 Å². The Kier molecular flexibility index (Phi) is 7.39. The van der Waals surface area contributed by atoms with Crippen LogP contribution in [0.1, 0.15) is 36.9 Å². The molecular formula is C22H25ClN4O2S. The Labute approximate surface area is 186 Å². The van der Waals surface area contributed by atoms with Gasteiger partial charge >= 0.3 is 0 Å². The Morgan fingerprint density at radius 1 is 1.23 bits per heavy atom. The van der Waals surface area contributed by atoms with Gasteiger partial charge in [0, 0.05) is 17.8 Å². The summed E-state index contributed by atoms with van der Waals surface area (Å²) in [5.74, 6) is 1.60. The molecule has 0 unspecified atom stereocenters. The lowest BCUT2D eigenvalue weighted by Gasteiger charge is -2.14. The van der Waals surface area contributed by atoms with E-state index < -0.39 is 0 Å². The predicted molar refractivity (Wildman–Crippen MR) is 121 cm³/mol. The van der Waals surface area contributed by atoms with E-state index in [2.05, 4.69) is 34.6 Å². The first-order chi connectivity index (χ1) is 14.4. The molecule has 158 valence electrons. The maximum absolute atomic E-state index is 12.3. The normalized spacial score (nSPS) is 11.9. The molecule has 0 radical (unpaired) electrons. The van der Waals surface area contributed by atoms with Crippen molar-refractivity contribution in [2.24, 2.45) is 7.05 Å². The Morgan fingerprint density at radius 2 is 1.97 bits per heavy atom. The van der Waals surface area contributed by atoms with Crippen molar-refractivity contribution in [1.82, 2.24) is 14.8 Å². The van der Waals surface area contributed by atoms with Crippen LogP contribution in [0.15, 0.2) is 47.6 Å². The molecule has 8 heteroatoms. The standard InChI is InChI=1S/C22H25ClN4O2S/c1-5-16-6-9-18(10-7-16)29-15(3)21-25-26-22(27(21)4)30-13-20(28)24-19-11-8-17(23)12-14(19)2/h6-12,15H,5,13H2,1-4H3,(H,24,28)/t15-/m1/s1. The fourth-order valence-electron chi connectivity index (χ4n) is 2.95. The van der Waals surface area contributed by atoms with E-state index >= 15 is 0 Å². The summed E-state index contributed by atoms with van der Waals surface area (Å²) in [6.45, 7) is 5.96. The van der Waals surface area contributed by atoms with Crippen LogP contribution in [-0.4, -0.2) is 26.4 Å². The van der Waals surface area contributed by atoms with Gasteiger partial charge in [0.1, 0.15) is 5.75 Å². The van der Waals surface area contributed by atoms with Crippen LogP contribution >= 0.6 is 23.4 Å². The number of ether oxygens (including phenoxy) is 1. The minimum atomic E-state index is -0.269. The zero-order valence-corrected chi connectivity index (χ0v) is 19.0. The molecular weight excluding hydrogens is 420 g/mol. The predicted octanol–water partition coefficient (Wildman–Crippen LogP) is 5.21. The topological polar surface area (TPSA) is 69.0 Å². The third-order valence-corrected chi connectivity index (χ3v) is 5.93. The van der Waals surface area contributed by atoms with Crippen LogP contribution in [-0.2, 0) is 18.3 Å². The first kappa shape index (κ1) is 22.2. The number of benzene rings is 2. The van der Waals surface area contributed by atoms with Crippen molar-refractivity contribution in [3.05, 3.63) is 64.4 Å². The fourth-order valence-corrected chi connectivity index (χ4v) is 3.89. The second-order valence-corrected chi connectivity index (χ2v) is 8.33. The van der Waals surface area contributed by atoms with Gasteiger partial charge in [-0.2, -0.15) is 0 Å². The van der Waals surface area contributed by atoms with Gasteiger partial charge in [-0.05, 0) is 61.7 Å². The maximum Gasteiger partial charge on any atom is 0.234 e. The van der Waals surface area contributed by atoms with Crippen molar-refractivity contribution >= 4 is 35.0 Å². The van der Waals surface area contributed by atoms with Crippen molar-refractivity contribution in [3.8, 4) is 5.75 Å². The first-order valence-electron chi connectivity index (χ1n) is 9.71. The maximum atomic E-state index is 12.3. The van der Waals surface area contributed by atoms with Gasteiger partial charge in [-0.25, -0.2) is 0 Å². The number of hydrogen-bond acceptors (Lipinski definition) is 5. The van der Waals surface area contributed by atoms with Gasteiger partial charge < -0.3 is 14.6 Å². The highest BCUT2D eigenvalue weighted by molar-refractivity contribution is 7.99. The Bertz CT molecular complexity index is 1020. The van der Waals surface area contributed by atoms with E-state index in [0.29, 0.717) is 16.0 Å². The van der Waals surface area contributed by atoms with Gasteiger partial charge in [0.15, 0.2) is 17.1 Å². The molecule has 1 atom stereocenters. The molecule has 6 nitrogen and oxygen atoms in total. The van der Waals surface area contributed by atoms with Gasteiger partial charge in [0.05, 0.1) is 5.75 Å². The van der Waals surface area contributed by atoms with Crippen LogP contribution in [0.2, 0.25) is 5.02 Å². The van der Waals surface area contributed by atoms with Crippen LogP contribution in [0.25, 0.3) is 0 Å². The van der Waals surface area contributed by atoms with Crippen molar-refractivity contribution < 1.29 is 9.53 Å². The minimum absolute atomic E-state index is 0.115. The summed E-state index contributed by atoms with van der Waals surface area (Å²) in [6, 6.07) is 13.4. The summed E-state index contributed by atoms with van der Waals surface area (Å²) in [6.07, 6.45) is 0.722. The van der Waals surface area contributed by atoms with E-state index in [-0.39, 0.29) is 17.8 Å². The molecule has 3 rings (SSSR count). The van der Waals surface area contributed by atoms with Crippen LogP contribution in [0.3, 0.4) is 0 Å². The molecule has 0 saturated carbocycles. The summed E-state index contributed by atoms with van der Waals surface area (Å²) in [5.41, 5.74) is 2.93. The van der Waals surface area contributed by atoms with E-state index in [0.717, 1.165) is 23.4 Å². The van der Waals surface area contributed by atoms with E-state index in [4.69, 9.17) is 16.3 Å². The number of aryl methyl sites for hydroxylation is 2. The van der Waals surface area contributed by atoms with Gasteiger partial charge in [-0.3, -0.25) is 4.79 Å². The van der Waals surface area contributed by atoms with Crippen molar-refractivity contribution in [2.75, 3.05) is 11.1 Å². The number of carbonyl (C=O) groups excluding carboxylic acids is 1. The van der Waals surface area contributed by atoms with Gasteiger partial charge in [-0.15, -0.1) is 10.2 Å². The van der Waals surface area contributed by atoms with Gasteiger partial charge in [-0.1, -0.05) is 42.4 Å². The SMILES string of the molecule is CCc1ccc(O[C@H](C)c2nnc(SCC(=O)Nc3ccc(Cl)cc3C)n2C)cc1. The lowest BCUT2D eigenvalue weighted by atomic mass is 10.2. The first-order valence-corrected chi connectivity index (χ1v) is 11.1. The Balaban J connectivity index is 1.58. The number of halogens is 1. The smallest absolute Gasteiger partial charge is 0.234 e. The highest BCUT2D eigenvalue weighted by Crippen LogP contribution is 2.25. The lowest BCUT2D eigenvalue weighted by molar-refractivity contribution is -0.113. The van der Waals surface area contributed by atoms with E-state index in [1.165, 1.54) is 17.3 Å². The van der Waals surface area contributed by atoms with Crippen LogP contribution in [0.5, 0.6) is 5.75 Å². The molecule has 30 heavy (non-hydrogen) atoms. The molecule has 2 aromatic carbocycles. The summed E-state index contributed by atoms with van der Waals surface area (Å²) in [7, 11) is 1.87. The number of rotatable bonds is 8. The van der Waals surface area contributed by atoms with Crippen molar-refractivity contribution in [2.45, 2.75) is 38.5 Å². The summed E-state index contributed by atoms with van der Waals surface area (Å²) < 4.78 is 7.86. The zero-order chi connectivity index (χ0) is 21.7. The number of carbonyl (C=O) groups is 1. The molecule has 0 aliphatic rings. The summed E-state index contributed by atoms with van der Waals surface area (Å²) >= 11 is 7.29. The molecule has 0 aliphatic heterocycles. The Hall–Kier alpha value is -2.51. The lowest BCUT2D eigenvalue weighted by Crippen LogP contribution is -2.15. The molecule has 0 bridgehead atoms. The van der Waals surface area contributed by atoms with Gasteiger partial charge in [0.25, 0.3) is 0 Å². The number of anilines is 1. The number of amides is 1. The number of thioether (sulfide) groups is 1. The average molecular weight is 445 g/mol. The molecule has 1 heterocycles. The van der Waals surface area contributed by atoms with Gasteiger partial charge in [0.2, 0.25) is 5.91 Å². The second-order valence-electron chi connectivity index (χ2n) is 6.95. The quantitative estimate of drug-likeness (QED) is 0.483. The molecule has 0 aliphatic carbocycles. The number of nitrogens with one attached hydrogen (secondary N) is 1. The third kappa shape index (κ3) is 5.55. The number of hydrogen-bond donors (Lipinski definition) is 1. The van der Waals surface area contributed by atoms with E-state index in [9.17, 15) is 4.79 Å². The molecule has 1 aromatic heterocycles. The van der Waals surface area contributed by atoms with E-state index in [1.807, 2.05) is 43.7 Å². The largest absolute Gasteiger partial charge is 0.483 e.